The molecule has 11 nitrogen and oxygen atoms in total. The molecule has 11 heteroatoms. The Morgan fingerprint density at radius 2 is 1.36 bits per heavy atom. The van der Waals surface area contributed by atoms with Crippen LogP contribution in [-0.4, -0.2) is 19.8 Å². The highest BCUT2D eigenvalue weighted by Gasteiger charge is 2.30. The average molecular weight is 305 g/mol. The summed E-state index contributed by atoms with van der Waals surface area (Å²) in [6, 6.07) is 4.21. The number of hydrogen-bond donors (Lipinski definition) is 1. The summed E-state index contributed by atoms with van der Waals surface area (Å²) in [6.45, 7) is 0. The van der Waals surface area contributed by atoms with E-state index in [9.17, 15) is 30.3 Å². The highest BCUT2D eigenvalue weighted by Crippen LogP contribution is 2.39. The van der Waals surface area contributed by atoms with Crippen LogP contribution in [0.2, 0.25) is 0 Å². The zero-order valence-electron chi connectivity index (χ0n) is 10.7. The van der Waals surface area contributed by atoms with E-state index in [0.717, 1.165) is 0 Å². The lowest BCUT2D eigenvalue weighted by atomic mass is 10.2. The third-order valence-corrected chi connectivity index (χ3v) is 2.64. The quantitative estimate of drug-likeness (QED) is 0.652. The Morgan fingerprint density at radius 1 is 0.864 bits per heavy atom. The number of anilines is 2. The molecule has 2 rings (SSSR count). The van der Waals surface area contributed by atoms with Gasteiger partial charge >= 0.3 is 11.4 Å². The molecule has 2 aromatic rings. The third-order valence-electron chi connectivity index (χ3n) is 2.64. The number of rotatable bonds is 5. The normalized spacial score (nSPS) is 10.0. The Balaban J connectivity index is 2.66. The molecule has 112 valence electrons. The number of benzene rings is 1. The minimum atomic E-state index is -0.934. The molecular formula is C11H7N5O6. The summed E-state index contributed by atoms with van der Waals surface area (Å²) in [7, 11) is 0. The minimum Gasteiger partial charge on any atom is -0.344 e. The van der Waals surface area contributed by atoms with Crippen LogP contribution in [0, 0.1) is 30.3 Å². The van der Waals surface area contributed by atoms with E-state index in [2.05, 4.69) is 10.3 Å². The van der Waals surface area contributed by atoms with Gasteiger partial charge in [0.1, 0.15) is 0 Å². The van der Waals surface area contributed by atoms with Crippen molar-refractivity contribution in [3.8, 4) is 0 Å². The van der Waals surface area contributed by atoms with Crippen molar-refractivity contribution < 1.29 is 14.8 Å². The highest BCUT2D eigenvalue weighted by atomic mass is 16.6. The highest BCUT2D eigenvalue weighted by molar-refractivity contribution is 5.81. The van der Waals surface area contributed by atoms with E-state index >= 15 is 0 Å². The van der Waals surface area contributed by atoms with Crippen LogP contribution in [0.3, 0.4) is 0 Å². The van der Waals surface area contributed by atoms with Gasteiger partial charge in [-0.1, -0.05) is 0 Å². The molecule has 0 radical (unpaired) electrons. The van der Waals surface area contributed by atoms with Crippen molar-refractivity contribution in [3.05, 3.63) is 67.0 Å². The van der Waals surface area contributed by atoms with Crippen LogP contribution in [0.1, 0.15) is 0 Å². The van der Waals surface area contributed by atoms with E-state index in [0.29, 0.717) is 17.8 Å². The zero-order valence-corrected chi connectivity index (χ0v) is 10.7. The van der Waals surface area contributed by atoms with Crippen molar-refractivity contribution in [2.45, 2.75) is 0 Å². The lowest BCUT2D eigenvalue weighted by Gasteiger charge is -2.07. The van der Waals surface area contributed by atoms with Crippen LogP contribution in [0.4, 0.5) is 28.4 Å². The van der Waals surface area contributed by atoms with E-state index in [1.807, 2.05) is 0 Å². The van der Waals surface area contributed by atoms with Gasteiger partial charge in [0.2, 0.25) is 0 Å². The second kappa shape index (κ2) is 5.78. The Morgan fingerprint density at radius 3 is 1.77 bits per heavy atom. The molecule has 0 aliphatic carbocycles. The predicted molar refractivity (Wildman–Crippen MR) is 73.9 cm³/mol. The maximum atomic E-state index is 11.1. The smallest absolute Gasteiger partial charge is 0.306 e. The van der Waals surface area contributed by atoms with E-state index in [4.69, 9.17) is 0 Å². The molecule has 22 heavy (non-hydrogen) atoms. The zero-order chi connectivity index (χ0) is 16.3. The number of nitrogens with one attached hydrogen (secondary N) is 1. The van der Waals surface area contributed by atoms with Gasteiger partial charge in [-0.3, -0.25) is 35.3 Å². The summed E-state index contributed by atoms with van der Waals surface area (Å²) in [5.74, 6) is 0. The monoisotopic (exact) mass is 305 g/mol. The average Bonchev–Trinajstić information content (AvgIpc) is 2.47. The lowest BCUT2D eigenvalue weighted by Crippen LogP contribution is -2.03. The van der Waals surface area contributed by atoms with E-state index < -0.39 is 37.5 Å². The van der Waals surface area contributed by atoms with Gasteiger partial charge in [0.05, 0.1) is 26.9 Å². The molecular weight excluding hydrogens is 298 g/mol. The second-order valence-corrected chi connectivity index (χ2v) is 3.99. The molecule has 0 saturated carbocycles. The van der Waals surface area contributed by atoms with Gasteiger partial charge in [-0.25, -0.2) is 0 Å². The van der Waals surface area contributed by atoms with Crippen LogP contribution in [0.15, 0.2) is 36.7 Å². The second-order valence-electron chi connectivity index (χ2n) is 3.99. The number of nitro groups is 3. The molecule has 0 spiro atoms. The fraction of sp³-hybridized carbons (Fsp3) is 0. The first kappa shape index (κ1) is 14.8. The molecule has 1 aromatic carbocycles. The van der Waals surface area contributed by atoms with Crippen LogP contribution < -0.4 is 5.32 Å². The number of non-ortho nitro benzene ring substituents is 1. The molecule has 0 saturated heterocycles. The number of nitro benzene ring substituents is 3. The first-order valence-electron chi connectivity index (χ1n) is 5.68. The summed E-state index contributed by atoms with van der Waals surface area (Å²) >= 11 is 0. The van der Waals surface area contributed by atoms with Crippen molar-refractivity contribution in [2.24, 2.45) is 0 Å². The largest absolute Gasteiger partial charge is 0.344 e. The third kappa shape index (κ3) is 2.92. The number of pyridine rings is 1. The SMILES string of the molecule is O=[N+]([O-])c1cc([N+](=O)[O-])c(Nc2ccncc2)c([N+](=O)[O-])c1. The molecule has 1 aromatic heterocycles. The van der Waals surface area contributed by atoms with Crippen molar-refractivity contribution >= 4 is 28.4 Å². The maximum absolute atomic E-state index is 11.1. The molecule has 0 aliphatic rings. The van der Waals surface area contributed by atoms with Crippen molar-refractivity contribution in [1.82, 2.24) is 4.98 Å². The van der Waals surface area contributed by atoms with Gasteiger partial charge in [-0.05, 0) is 12.1 Å². The molecule has 0 aliphatic heterocycles. The van der Waals surface area contributed by atoms with Crippen molar-refractivity contribution in [2.75, 3.05) is 5.32 Å². The van der Waals surface area contributed by atoms with Crippen molar-refractivity contribution in [1.29, 1.82) is 0 Å². The van der Waals surface area contributed by atoms with Crippen LogP contribution in [0.25, 0.3) is 0 Å². The Bertz CT molecular complexity index is 728. The standard InChI is InChI=1S/C11H7N5O6/c17-14(18)8-5-9(15(19)20)11(10(6-8)16(21)22)13-7-1-3-12-4-2-7/h1-6H,(H,12,13). The van der Waals surface area contributed by atoms with Gasteiger partial charge in [-0.15, -0.1) is 0 Å². The predicted octanol–water partition coefficient (Wildman–Crippen LogP) is 2.55. The number of nitrogens with zero attached hydrogens (tertiary/aromatic N) is 4. The fourth-order valence-electron chi connectivity index (χ4n) is 1.70. The summed E-state index contributed by atoms with van der Waals surface area (Å²) in [5, 5.41) is 35.4. The summed E-state index contributed by atoms with van der Waals surface area (Å²) < 4.78 is 0. The van der Waals surface area contributed by atoms with Crippen molar-refractivity contribution in [3.63, 3.8) is 0 Å². The van der Waals surface area contributed by atoms with Crippen LogP contribution in [0.5, 0.6) is 0 Å². The van der Waals surface area contributed by atoms with Gasteiger partial charge in [0, 0.05) is 18.1 Å². The fourth-order valence-corrected chi connectivity index (χ4v) is 1.70. The minimum absolute atomic E-state index is 0.315. The number of aromatic nitrogens is 1. The van der Waals surface area contributed by atoms with E-state index in [1.54, 1.807) is 0 Å². The Hall–Kier alpha value is -3.63. The maximum Gasteiger partial charge on any atom is 0.306 e. The number of hydrogen-bond acceptors (Lipinski definition) is 8. The molecule has 0 atom stereocenters. The Kier molecular flexibility index (Phi) is 3.88. The first-order chi connectivity index (χ1) is 10.4. The molecule has 0 fully saturated rings. The molecule has 0 amide bonds. The summed E-state index contributed by atoms with van der Waals surface area (Å²) in [5.41, 5.74) is -2.39. The molecule has 0 bridgehead atoms. The molecule has 1 heterocycles. The van der Waals surface area contributed by atoms with Crippen LogP contribution >= 0.6 is 0 Å². The van der Waals surface area contributed by atoms with E-state index in [1.165, 1.54) is 24.5 Å². The van der Waals surface area contributed by atoms with Gasteiger partial charge in [0.25, 0.3) is 5.69 Å². The lowest BCUT2D eigenvalue weighted by molar-refractivity contribution is -0.401. The van der Waals surface area contributed by atoms with E-state index in [-0.39, 0.29) is 0 Å². The Labute approximate surface area is 121 Å². The van der Waals surface area contributed by atoms with Gasteiger partial charge in [0.15, 0.2) is 5.69 Å². The summed E-state index contributed by atoms with van der Waals surface area (Å²) in [6.07, 6.45) is 2.76. The topological polar surface area (TPSA) is 154 Å². The summed E-state index contributed by atoms with van der Waals surface area (Å²) in [4.78, 5) is 33.8. The molecule has 1 N–H and O–H groups in total. The first-order valence-corrected chi connectivity index (χ1v) is 5.68. The van der Waals surface area contributed by atoms with Gasteiger partial charge < -0.3 is 5.32 Å². The van der Waals surface area contributed by atoms with Crippen LogP contribution in [-0.2, 0) is 0 Å². The molecule has 0 unspecified atom stereocenters. The van der Waals surface area contributed by atoms with Gasteiger partial charge in [-0.2, -0.15) is 0 Å².